The minimum atomic E-state index is -0.555. The molecule has 1 aromatic rings. The number of amides is 1. The van der Waals surface area contributed by atoms with Gasteiger partial charge in [-0.3, -0.25) is 4.79 Å². The van der Waals surface area contributed by atoms with E-state index in [1.165, 1.54) is 38.5 Å². The third-order valence-corrected chi connectivity index (χ3v) is 4.70. The number of ether oxygens (including phenoxy) is 2. The van der Waals surface area contributed by atoms with Crippen LogP contribution in [-0.4, -0.2) is 26.2 Å². The van der Waals surface area contributed by atoms with Crippen molar-refractivity contribution in [2.45, 2.75) is 45.1 Å². The third-order valence-electron chi connectivity index (χ3n) is 4.42. The zero-order valence-electron chi connectivity index (χ0n) is 14.3. The van der Waals surface area contributed by atoms with Crippen molar-refractivity contribution >= 4 is 17.5 Å². The van der Waals surface area contributed by atoms with E-state index in [9.17, 15) is 4.79 Å². The maximum absolute atomic E-state index is 10.9. The fraction of sp³-hybridized carbons (Fsp3) is 0.611. The molecule has 0 radical (unpaired) electrons. The maximum atomic E-state index is 10.9. The lowest BCUT2D eigenvalue weighted by Crippen LogP contribution is -2.20. The molecule has 0 saturated heterocycles. The molecule has 0 spiro atoms. The van der Waals surface area contributed by atoms with E-state index in [0.717, 1.165) is 24.6 Å². The molecule has 0 bridgehead atoms. The number of rotatable bonds is 10. The molecule has 1 aromatic carbocycles. The van der Waals surface area contributed by atoms with Crippen LogP contribution in [0.15, 0.2) is 12.1 Å². The van der Waals surface area contributed by atoms with Gasteiger partial charge in [0.25, 0.3) is 5.91 Å². The number of hydrogen-bond donors (Lipinski definition) is 2. The summed E-state index contributed by atoms with van der Waals surface area (Å²) in [5, 5.41) is 3.86. The van der Waals surface area contributed by atoms with Gasteiger partial charge >= 0.3 is 0 Å². The second-order valence-corrected chi connectivity index (χ2v) is 6.74. The van der Waals surface area contributed by atoms with Crippen LogP contribution in [0.5, 0.6) is 11.5 Å². The Bertz CT molecular complexity index is 545. The maximum Gasteiger partial charge on any atom is 0.255 e. The number of nitrogens with two attached hydrogens (primary N) is 1. The van der Waals surface area contributed by atoms with Gasteiger partial charge in [0, 0.05) is 6.54 Å². The first-order chi connectivity index (χ1) is 11.6. The van der Waals surface area contributed by atoms with Crippen LogP contribution in [0, 0.1) is 5.92 Å². The van der Waals surface area contributed by atoms with Crippen molar-refractivity contribution in [1.29, 1.82) is 0 Å². The van der Waals surface area contributed by atoms with Gasteiger partial charge in [0.05, 0.1) is 12.1 Å². The molecule has 6 heteroatoms. The fourth-order valence-corrected chi connectivity index (χ4v) is 3.49. The molecule has 1 aliphatic carbocycles. The summed E-state index contributed by atoms with van der Waals surface area (Å²) in [5.41, 5.74) is 6.11. The fourth-order valence-electron chi connectivity index (χ4n) is 3.21. The predicted molar refractivity (Wildman–Crippen MR) is 95.6 cm³/mol. The third kappa shape index (κ3) is 5.87. The molecule has 0 atom stereocenters. The highest BCUT2D eigenvalue weighted by molar-refractivity contribution is 6.32. The molecule has 134 valence electrons. The molecule has 0 aromatic heterocycles. The van der Waals surface area contributed by atoms with E-state index in [1.54, 1.807) is 7.11 Å². The zero-order chi connectivity index (χ0) is 17.4. The number of hydrogen-bond acceptors (Lipinski definition) is 4. The summed E-state index contributed by atoms with van der Waals surface area (Å²) in [6.45, 7) is 1.49. The Morgan fingerprint density at radius 1 is 1.38 bits per heavy atom. The lowest BCUT2D eigenvalue weighted by Gasteiger charge is -2.14. The van der Waals surface area contributed by atoms with Crippen molar-refractivity contribution in [3.05, 3.63) is 22.7 Å². The van der Waals surface area contributed by atoms with Crippen LogP contribution >= 0.6 is 11.6 Å². The minimum absolute atomic E-state index is 0.227. The Balaban J connectivity index is 1.81. The number of methoxy groups -OCH3 is 1. The van der Waals surface area contributed by atoms with Crippen LogP contribution < -0.4 is 20.5 Å². The van der Waals surface area contributed by atoms with Crippen molar-refractivity contribution in [3.63, 3.8) is 0 Å². The van der Waals surface area contributed by atoms with Crippen molar-refractivity contribution in [2.24, 2.45) is 11.7 Å². The predicted octanol–water partition coefficient (Wildman–Crippen LogP) is 3.27. The highest BCUT2D eigenvalue weighted by Gasteiger charge is 2.15. The molecule has 5 nitrogen and oxygen atoms in total. The molecular formula is C18H27ClN2O3. The van der Waals surface area contributed by atoms with E-state index in [2.05, 4.69) is 5.32 Å². The molecule has 1 saturated carbocycles. The highest BCUT2D eigenvalue weighted by Crippen LogP contribution is 2.36. The average Bonchev–Trinajstić information content (AvgIpc) is 3.06. The smallest absolute Gasteiger partial charge is 0.255 e. The van der Waals surface area contributed by atoms with E-state index in [0.29, 0.717) is 16.5 Å². The highest BCUT2D eigenvalue weighted by atomic mass is 35.5. The standard InChI is InChI=1S/C18H27ClN2O3/c1-23-16-10-14(9-15(19)18(16)24-12-17(20)22)11-21-8-4-7-13-5-2-3-6-13/h9-10,13,21H,2-8,11-12H2,1H3,(H2,20,22). The second kappa shape index (κ2) is 9.74. The minimum Gasteiger partial charge on any atom is -0.493 e. The van der Waals surface area contributed by atoms with Crippen LogP contribution in [0.2, 0.25) is 5.02 Å². The van der Waals surface area contributed by atoms with Gasteiger partial charge in [-0.2, -0.15) is 0 Å². The normalized spacial score (nSPS) is 14.8. The molecule has 1 amide bonds. The van der Waals surface area contributed by atoms with Gasteiger partial charge in [0.1, 0.15) is 0 Å². The molecule has 0 unspecified atom stereocenters. The average molecular weight is 355 g/mol. The Labute approximate surface area is 148 Å². The summed E-state index contributed by atoms with van der Waals surface area (Å²) in [5.74, 6) is 1.23. The topological polar surface area (TPSA) is 73.6 Å². The molecular weight excluding hydrogens is 328 g/mol. The van der Waals surface area contributed by atoms with Crippen LogP contribution in [-0.2, 0) is 11.3 Å². The molecule has 1 fully saturated rings. The molecule has 24 heavy (non-hydrogen) atoms. The van der Waals surface area contributed by atoms with Crippen molar-refractivity contribution in [3.8, 4) is 11.5 Å². The molecule has 0 heterocycles. The first kappa shape index (κ1) is 18.9. The number of benzene rings is 1. The van der Waals surface area contributed by atoms with Crippen LogP contribution in [0.3, 0.4) is 0 Å². The van der Waals surface area contributed by atoms with Crippen LogP contribution in [0.1, 0.15) is 44.1 Å². The van der Waals surface area contributed by atoms with Crippen molar-refractivity contribution in [2.75, 3.05) is 20.3 Å². The second-order valence-electron chi connectivity index (χ2n) is 6.33. The number of carbonyl (C=O) groups is 1. The number of halogens is 1. The van der Waals surface area contributed by atoms with Gasteiger partial charge in [-0.25, -0.2) is 0 Å². The Kier molecular flexibility index (Phi) is 7.66. The lowest BCUT2D eigenvalue weighted by atomic mass is 10.0. The summed E-state index contributed by atoms with van der Waals surface area (Å²) in [6.07, 6.45) is 8.13. The summed E-state index contributed by atoms with van der Waals surface area (Å²) >= 11 is 6.24. The summed E-state index contributed by atoms with van der Waals surface area (Å²) < 4.78 is 10.6. The van der Waals surface area contributed by atoms with E-state index >= 15 is 0 Å². The van der Waals surface area contributed by atoms with Gasteiger partial charge in [0.2, 0.25) is 0 Å². The van der Waals surface area contributed by atoms with Gasteiger partial charge < -0.3 is 20.5 Å². The first-order valence-electron chi connectivity index (χ1n) is 8.58. The molecule has 3 N–H and O–H groups in total. The summed E-state index contributed by atoms with van der Waals surface area (Å²) in [7, 11) is 1.54. The van der Waals surface area contributed by atoms with Crippen molar-refractivity contribution in [1.82, 2.24) is 5.32 Å². The largest absolute Gasteiger partial charge is 0.493 e. The van der Waals surface area contributed by atoms with Gasteiger partial charge in [0.15, 0.2) is 18.1 Å². The zero-order valence-corrected chi connectivity index (χ0v) is 15.0. The van der Waals surface area contributed by atoms with E-state index in [-0.39, 0.29) is 6.61 Å². The van der Waals surface area contributed by atoms with Gasteiger partial charge in [-0.1, -0.05) is 37.3 Å². The van der Waals surface area contributed by atoms with Crippen LogP contribution in [0.25, 0.3) is 0 Å². The number of nitrogens with one attached hydrogen (secondary N) is 1. The van der Waals surface area contributed by atoms with Crippen LogP contribution in [0.4, 0.5) is 0 Å². The lowest BCUT2D eigenvalue weighted by molar-refractivity contribution is -0.119. The van der Waals surface area contributed by atoms with Crippen molar-refractivity contribution < 1.29 is 14.3 Å². The molecule has 2 rings (SSSR count). The summed E-state index contributed by atoms with van der Waals surface area (Å²) in [4.78, 5) is 10.9. The van der Waals surface area contributed by atoms with E-state index in [4.69, 9.17) is 26.8 Å². The first-order valence-corrected chi connectivity index (χ1v) is 8.96. The Morgan fingerprint density at radius 3 is 2.79 bits per heavy atom. The molecule has 1 aliphatic rings. The summed E-state index contributed by atoms with van der Waals surface area (Å²) in [6, 6.07) is 3.69. The monoisotopic (exact) mass is 354 g/mol. The Morgan fingerprint density at radius 2 is 2.12 bits per heavy atom. The molecule has 0 aliphatic heterocycles. The number of primary amides is 1. The quantitative estimate of drug-likeness (QED) is 0.632. The Hall–Kier alpha value is -1.46. The van der Waals surface area contributed by atoms with Gasteiger partial charge in [-0.15, -0.1) is 0 Å². The SMILES string of the molecule is COc1cc(CNCCCC2CCCC2)cc(Cl)c1OCC(N)=O. The van der Waals surface area contributed by atoms with Gasteiger partial charge in [-0.05, 0) is 43.0 Å². The number of carbonyl (C=O) groups excluding carboxylic acids is 1. The van der Waals surface area contributed by atoms with E-state index in [1.807, 2.05) is 12.1 Å². The van der Waals surface area contributed by atoms with E-state index < -0.39 is 5.91 Å².